The van der Waals surface area contributed by atoms with Crippen molar-refractivity contribution in [2.24, 2.45) is 0 Å². The highest BCUT2D eigenvalue weighted by Gasteiger charge is 1.99. The lowest BCUT2D eigenvalue weighted by atomic mass is 10.2. The van der Waals surface area contributed by atoms with Gasteiger partial charge in [0.05, 0.1) is 0 Å². The van der Waals surface area contributed by atoms with E-state index in [1.165, 1.54) is 0 Å². The lowest BCUT2D eigenvalue weighted by Crippen LogP contribution is -1.99. The third-order valence-electron chi connectivity index (χ3n) is 1.05. The van der Waals surface area contributed by atoms with Crippen molar-refractivity contribution in [3.63, 3.8) is 0 Å². The van der Waals surface area contributed by atoms with Gasteiger partial charge in [-0.25, -0.2) is 4.79 Å². The lowest BCUT2D eigenvalue weighted by Gasteiger charge is -1.93. The zero-order valence-corrected chi connectivity index (χ0v) is 5.58. The summed E-state index contributed by atoms with van der Waals surface area (Å²) in [5.41, 5.74) is 0. The molecule has 0 heterocycles. The summed E-state index contributed by atoms with van der Waals surface area (Å²) in [4.78, 5) is 23.4. The molecule has 0 amide bonds. The molecule has 4 heteroatoms. The predicted molar refractivity (Wildman–Crippen MR) is 33.3 cm³/mol. The van der Waals surface area contributed by atoms with Crippen LogP contribution in [0.3, 0.4) is 0 Å². The SMILES string of the molecule is O=CCCCCC(=O)OO. The topological polar surface area (TPSA) is 63.6 Å². The third-order valence-corrected chi connectivity index (χ3v) is 1.05. The number of rotatable bonds is 5. The molecule has 0 aliphatic heterocycles. The molecule has 58 valence electrons. The Bertz CT molecular complexity index is 110. The quantitative estimate of drug-likeness (QED) is 0.269. The second-order valence-electron chi connectivity index (χ2n) is 1.88. The van der Waals surface area contributed by atoms with Gasteiger partial charge in [-0.15, -0.1) is 0 Å². The Morgan fingerprint density at radius 2 is 2.20 bits per heavy atom. The Kier molecular flexibility index (Phi) is 5.66. The van der Waals surface area contributed by atoms with Gasteiger partial charge >= 0.3 is 5.97 Å². The fourth-order valence-corrected chi connectivity index (χ4v) is 0.543. The first kappa shape index (κ1) is 9.10. The first-order valence-corrected chi connectivity index (χ1v) is 3.09. The van der Waals surface area contributed by atoms with Crippen molar-refractivity contribution in [2.45, 2.75) is 25.7 Å². The molecule has 0 atom stereocenters. The minimum Gasteiger partial charge on any atom is -0.303 e. The van der Waals surface area contributed by atoms with Crippen LogP contribution >= 0.6 is 0 Å². The number of aldehydes is 1. The number of hydrogen-bond acceptors (Lipinski definition) is 4. The predicted octanol–water partition coefficient (Wildman–Crippen LogP) is 0.762. The fraction of sp³-hybridized carbons (Fsp3) is 0.667. The van der Waals surface area contributed by atoms with E-state index in [-0.39, 0.29) is 6.42 Å². The number of hydrogen-bond donors (Lipinski definition) is 1. The zero-order valence-electron chi connectivity index (χ0n) is 5.58. The van der Waals surface area contributed by atoms with Crippen LogP contribution in [0.4, 0.5) is 0 Å². The fourth-order valence-electron chi connectivity index (χ4n) is 0.543. The molecule has 0 aromatic rings. The average molecular weight is 146 g/mol. The summed E-state index contributed by atoms with van der Waals surface area (Å²) < 4.78 is 0. The number of carbonyl (C=O) groups is 2. The van der Waals surface area contributed by atoms with Crippen LogP contribution in [0.2, 0.25) is 0 Å². The van der Waals surface area contributed by atoms with Crippen LogP contribution in [0, 0.1) is 0 Å². The van der Waals surface area contributed by atoms with E-state index in [0.717, 1.165) is 6.29 Å². The summed E-state index contributed by atoms with van der Waals surface area (Å²) >= 11 is 0. The molecular weight excluding hydrogens is 136 g/mol. The van der Waals surface area contributed by atoms with E-state index in [0.29, 0.717) is 19.3 Å². The maximum atomic E-state index is 10.2. The van der Waals surface area contributed by atoms with Crippen LogP contribution in [-0.4, -0.2) is 17.5 Å². The van der Waals surface area contributed by atoms with E-state index < -0.39 is 5.97 Å². The van der Waals surface area contributed by atoms with Crippen LogP contribution in [0.5, 0.6) is 0 Å². The number of unbranched alkanes of at least 4 members (excludes halogenated alkanes) is 2. The van der Waals surface area contributed by atoms with Crippen molar-refractivity contribution in [3.05, 3.63) is 0 Å². The molecular formula is C6H10O4. The molecule has 0 unspecified atom stereocenters. The van der Waals surface area contributed by atoms with Crippen LogP contribution in [-0.2, 0) is 14.5 Å². The normalized spacial score (nSPS) is 8.90. The van der Waals surface area contributed by atoms with E-state index in [4.69, 9.17) is 5.26 Å². The molecule has 0 saturated carbocycles. The molecule has 0 bridgehead atoms. The highest BCUT2D eigenvalue weighted by atomic mass is 17.1. The minimum atomic E-state index is -0.647. The second kappa shape index (κ2) is 6.22. The maximum Gasteiger partial charge on any atom is 0.342 e. The van der Waals surface area contributed by atoms with Gasteiger partial charge in [0.2, 0.25) is 0 Å². The van der Waals surface area contributed by atoms with E-state index in [2.05, 4.69) is 4.89 Å². The highest BCUT2D eigenvalue weighted by Crippen LogP contribution is 1.98. The standard InChI is InChI=1S/C6H10O4/c7-5-3-1-2-4-6(8)10-9/h5,9H,1-4H2. The first-order valence-electron chi connectivity index (χ1n) is 3.09. The molecule has 0 rings (SSSR count). The summed E-state index contributed by atoms with van der Waals surface area (Å²) in [6.45, 7) is 0. The van der Waals surface area contributed by atoms with E-state index in [1.54, 1.807) is 0 Å². The van der Waals surface area contributed by atoms with Crippen LogP contribution in [0.1, 0.15) is 25.7 Å². The Hall–Kier alpha value is -0.900. The van der Waals surface area contributed by atoms with Crippen LogP contribution < -0.4 is 0 Å². The van der Waals surface area contributed by atoms with Crippen LogP contribution in [0.15, 0.2) is 0 Å². The van der Waals surface area contributed by atoms with E-state index in [9.17, 15) is 9.59 Å². The van der Waals surface area contributed by atoms with Gasteiger partial charge in [-0.1, -0.05) is 0 Å². The van der Waals surface area contributed by atoms with Crippen molar-refractivity contribution >= 4 is 12.3 Å². The second-order valence-corrected chi connectivity index (χ2v) is 1.88. The Balaban J connectivity index is 3.03. The third kappa shape index (κ3) is 5.24. The molecule has 0 radical (unpaired) electrons. The van der Waals surface area contributed by atoms with Crippen molar-refractivity contribution in [2.75, 3.05) is 0 Å². The molecule has 0 fully saturated rings. The van der Waals surface area contributed by atoms with Gasteiger partial charge < -0.3 is 9.68 Å². The van der Waals surface area contributed by atoms with Gasteiger partial charge in [-0.05, 0) is 12.8 Å². The van der Waals surface area contributed by atoms with Gasteiger partial charge in [-0.3, -0.25) is 0 Å². The van der Waals surface area contributed by atoms with Crippen LogP contribution in [0.25, 0.3) is 0 Å². The largest absolute Gasteiger partial charge is 0.342 e. The molecule has 0 aromatic heterocycles. The summed E-state index contributed by atoms with van der Waals surface area (Å²) in [5, 5.41) is 7.77. The summed E-state index contributed by atoms with van der Waals surface area (Å²) in [6, 6.07) is 0. The lowest BCUT2D eigenvalue weighted by molar-refractivity contribution is -0.234. The molecule has 0 saturated heterocycles. The highest BCUT2D eigenvalue weighted by molar-refractivity contribution is 5.68. The Morgan fingerprint density at radius 1 is 1.50 bits per heavy atom. The average Bonchev–Trinajstić information content (AvgIpc) is 1.98. The molecule has 4 nitrogen and oxygen atoms in total. The van der Waals surface area contributed by atoms with Crippen molar-refractivity contribution in [3.8, 4) is 0 Å². The zero-order chi connectivity index (χ0) is 7.82. The minimum absolute atomic E-state index is 0.171. The van der Waals surface area contributed by atoms with Crippen molar-refractivity contribution in [1.82, 2.24) is 0 Å². The number of carbonyl (C=O) groups excluding carboxylic acids is 2. The Labute approximate surface area is 58.7 Å². The first-order chi connectivity index (χ1) is 4.81. The summed E-state index contributed by atoms with van der Waals surface area (Å²) in [7, 11) is 0. The van der Waals surface area contributed by atoms with E-state index in [1.807, 2.05) is 0 Å². The van der Waals surface area contributed by atoms with Gasteiger partial charge in [0, 0.05) is 12.8 Å². The smallest absolute Gasteiger partial charge is 0.303 e. The van der Waals surface area contributed by atoms with Gasteiger partial charge in [0.25, 0.3) is 0 Å². The molecule has 0 aliphatic rings. The van der Waals surface area contributed by atoms with Crippen molar-refractivity contribution in [1.29, 1.82) is 0 Å². The molecule has 0 spiro atoms. The molecule has 0 aromatic carbocycles. The molecule has 0 aliphatic carbocycles. The summed E-state index contributed by atoms with van der Waals surface area (Å²) in [6.07, 6.45) is 2.67. The Morgan fingerprint density at radius 3 is 2.70 bits per heavy atom. The van der Waals surface area contributed by atoms with Gasteiger partial charge in [0.15, 0.2) is 0 Å². The van der Waals surface area contributed by atoms with E-state index >= 15 is 0 Å². The van der Waals surface area contributed by atoms with Gasteiger partial charge in [-0.2, -0.15) is 5.26 Å². The van der Waals surface area contributed by atoms with Crippen molar-refractivity contribution < 1.29 is 19.7 Å². The monoisotopic (exact) mass is 146 g/mol. The maximum absolute atomic E-state index is 10.2. The summed E-state index contributed by atoms with van der Waals surface area (Å²) in [5.74, 6) is -0.647. The molecule has 1 N–H and O–H groups in total. The van der Waals surface area contributed by atoms with Gasteiger partial charge in [0.1, 0.15) is 6.29 Å². The molecule has 10 heavy (non-hydrogen) atoms.